The van der Waals surface area contributed by atoms with E-state index in [2.05, 4.69) is 84.7 Å². The van der Waals surface area contributed by atoms with Crippen molar-refractivity contribution in [1.82, 2.24) is 15.0 Å². The van der Waals surface area contributed by atoms with Gasteiger partial charge in [-0.1, -0.05) is 87.1 Å². The molecule has 1 aliphatic heterocycles. The Morgan fingerprint density at radius 2 is 1.08 bits per heavy atom. The predicted octanol–water partition coefficient (Wildman–Crippen LogP) is 20.1. The van der Waals surface area contributed by atoms with Crippen LogP contribution in [-0.4, -0.2) is 94.2 Å². The van der Waals surface area contributed by atoms with Gasteiger partial charge < -0.3 is 48.1 Å². The van der Waals surface area contributed by atoms with E-state index in [0.29, 0.717) is 57.9 Å². The molecule has 8 aromatic rings. The predicted molar refractivity (Wildman–Crippen MR) is 383 cm³/mol. The van der Waals surface area contributed by atoms with Crippen LogP contribution in [0, 0.1) is 28.6 Å². The summed E-state index contributed by atoms with van der Waals surface area (Å²) in [6, 6.07) is 38.0. The molecule has 2 unspecified atom stereocenters. The number of nitrogens with zero attached hydrogens (tertiary/aromatic N) is 5. The van der Waals surface area contributed by atoms with Gasteiger partial charge in [0.2, 0.25) is 11.7 Å². The van der Waals surface area contributed by atoms with Gasteiger partial charge in [0.15, 0.2) is 6.29 Å². The molecular formula is C74H75Br4F6N5O12. The van der Waals surface area contributed by atoms with Crippen LogP contribution in [0.15, 0.2) is 150 Å². The van der Waals surface area contributed by atoms with Gasteiger partial charge in [-0.25, -0.2) is 31.1 Å². The van der Waals surface area contributed by atoms with Crippen LogP contribution in [0.4, 0.5) is 26.3 Å². The van der Waals surface area contributed by atoms with E-state index in [-0.39, 0.29) is 112 Å². The number of aliphatic hydroxyl groups excluding tert-OH is 1. The first-order chi connectivity index (χ1) is 47.8. The molecule has 1 aliphatic carbocycles. The molecule has 0 radical (unpaired) electrons. The topological polar surface area (TPSA) is 237 Å². The molecule has 2 N–H and O–H groups in total. The van der Waals surface area contributed by atoms with E-state index in [4.69, 9.17) is 43.8 Å². The van der Waals surface area contributed by atoms with Crippen LogP contribution in [0.5, 0.6) is 34.5 Å². The lowest BCUT2D eigenvalue weighted by Crippen LogP contribution is -2.30. The number of aromatic hydroxyl groups is 1. The summed E-state index contributed by atoms with van der Waals surface area (Å²) in [4.78, 5) is 40.5. The summed E-state index contributed by atoms with van der Waals surface area (Å²) in [5, 5.41) is 39.7. The Bertz CT molecular complexity index is 4170. The number of alkyl halides is 6. The SMILES string of the molecule is CC(C)Oc1ccc(-c2nc(-c3cccc4c3CC3CC(=O)N(CCO)C43)no2)cc1C(F)F.CC(C)Oc1ccc(Br)cc1C#N.CC(C)Oc1ccc(Br)cc1C(F)F.CC(C)Oc1ccc(Br)cc1C=O.COC(=O)c1ccc(OC(C)C)c(C(F)F)c1.N#Cc1cc(Br)ccc1O. The molecule has 10 rings (SSSR count). The van der Waals surface area contributed by atoms with Crippen molar-refractivity contribution in [1.29, 1.82) is 10.5 Å². The molecule has 17 nitrogen and oxygen atoms in total. The number of carbonyl (C=O) groups is 3. The van der Waals surface area contributed by atoms with Gasteiger partial charge in [-0.2, -0.15) is 15.5 Å². The number of likely N-dealkylation sites (tertiary alicyclic amines) is 1. The number of aldehydes is 1. The second-order valence-electron chi connectivity index (χ2n) is 23.5. The third-order valence-corrected chi connectivity index (χ3v) is 15.9. The summed E-state index contributed by atoms with van der Waals surface area (Å²) >= 11 is 12.9. The second-order valence-corrected chi connectivity index (χ2v) is 27.1. The molecule has 0 spiro atoms. The number of carbonyl (C=O) groups excluding carboxylic acids is 3. The van der Waals surface area contributed by atoms with E-state index in [9.17, 15) is 45.8 Å². The number of rotatable bonds is 19. The Kier molecular flexibility index (Phi) is 33.1. The number of aromatic nitrogens is 2. The van der Waals surface area contributed by atoms with Crippen LogP contribution in [-0.2, 0) is 16.0 Å². The third kappa shape index (κ3) is 24.9. The van der Waals surface area contributed by atoms with Crippen molar-refractivity contribution in [2.24, 2.45) is 5.92 Å². The maximum Gasteiger partial charge on any atom is 0.337 e. The van der Waals surface area contributed by atoms with E-state index >= 15 is 0 Å². The van der Waals surface area contributed by atoms with Crippen LogP contribution in [0.25, 0.3) is 22.8 Å². The van der Waals surface area contributed by atoms with E-state index < -0.39 is 25.2 Å². The number of fused-ring (bicyclic) bond motifs is 3. The number of benzene rings is 7. The summed E-state index contributed by atoms with van der Waals surface area (Å²) in [6.07, 6.45) is -6.36. The van der Waals surface area contributed by atoms with E-state index in [1.165, 1.54) is 43.5 Å². The summed E-state index contributed by atoms with van der Waals surface area (Å²) in [5.41, 5.74) is 4.15. The largest absolute Gasteiger partial charge is 0.507 e. The quantitative estimate of drug-likeness (QED) is 0.0435. The van der Waals surface area contributed by atoms with Crippen molar-refractivity contribution in [3.8, 4) is 69.5 Å². The number of hydrogen-bond acceptors (Lipinski definition) is 16. The highest BCUT2D eigenvalue weighted by atomic mass is 79.9. The number of hydrogen-bond donors (Lipinski definition) is 2. The van der Waals surface area contributed by atoms with Crippen molar-refractivity contribution < 1.29 is 83.9 Å². The maximum absolute atomic E-state index is 13.6. The molecule has 1 saturated heterocycles. The molecule has 2 aliphatic rings. The Hall–Kier alpha value is -8.47. The second kappa shape index (κ2) is 40.2. The van der Waals surface area contributed by atoms with Crippen LogP contribution in [0.3, 0.4) is 0 Å². The van der Waals surface area contributed by atoms with Crippen molar-refractivity contribution in [2.45, 2.75) is 138 Å². The number of ether oxygens (including phenoxy) is 6. The van der Waals surface area contributed by atoms with Crippen LogP contribution >= 0.6 is 63.7 Å². The molecule has 2 heterocycles. The molecule has 0 bridgehead atoms. The average Bonchev–Trinajstić information content (AvgIpc) is 1.59. The average molecular weight is 1660 g/mol. The fourth-order valence-electron chi connectivity index (χ4n) is 9.98. The molecule has 101 heavy (non-hydrogen) atoms. The molecule has 538 valence electrons. The highest BCUT2D eigenvalue weighted by Crippen LogP contribution is 2.49. The third-order valence-electron chi connectivity index (χ3n) is 14.0. The molecule has 1 aromatic heterocycles. The minimum absolute atomic E-state index is 0.0192. The van der Waals surface area contributed by atoms with Crippen molar-refractivity contribution in [3.05, 3.63) is 195 Å². The summed E-state index contributed by atoms with van der Waals surface area (Å²) in [7, 11) is 1.20. The lowest BCUT2D eigenvalue weighted by molar-refractivity contribution is -0.129. The van der Waals surface area contributed by atoms with Gasteiger partial charge >= 0.3 is 5.97 Å². The van der Waals surface area contributed by atoms with Crippen LogP contribution < -0.4 is 23.7 Å². The van der Waals surface area contributed by atoms with Gasteiger partial charge in [-0.3, -0.25) is 9.59 Å². The number of esters is 1. The lowest BCUT2D eigenvalue weighted by Gasteiger charge is -2.24. The summed E-state index contributed by atoms with van der Waals surface area (Å²) in [6.45, 7) is 18.6. The van der Waals surface area contributed by atoms with Gasteiger partial charge in [0, 0.05) is 42.0 Å². The first-order valence-electron chi connectivity index (χ1n) is 31.4. The van der Waals surface area contributed by atoms with Gasteiger partial charge in [-0.15, -0.1) is 0 Å². The fourth-order valence-corrected chi connectivity index (χ4v) is 11.5. The van der Waals surface area contributed by atoms with E-state index in [0.717, 1.165) is 42.5 Å². The lowest BCUT2D eigenvalue weighted by atomic mass is 10.0. The zero-order valence-corrected chi connectivity index (χ0v) is 63.1. The van der Waals surface area contributed by atoms with Gasteiger partial charge in [-0.05, 0) is 202 Å². The summed E-state index contributed by atoms with van der Waals surface area (Å²) in [5.74, 6) is 1.81. The standard InChI is InChI=1S/C25H25F2N3O4.C12H14F2O3.C10H11BrF2O.C10H10BrNO.C10H11BrO2.C7H4BrNO/c1-13(2)33-20-7-6-14(10-19(20)23(26)27)25-28-24(29-34-25)17-5-3-4-16-18(17)11-15-12-21(32)30(8-9-31)22(15)16;1-7(2)17-10-5-4-8(12(15)16-3)6-9(10)11(13)14;1-6(2)14-9-4-3-7(11)5-8(9)10(12)13;2*1-7(2)13-10-4-3-9(11)5-8(10)6-12;8-6-1-2-7(10)5(3-6)4-9/h3-7,10,13,15,22-23,31H,8-9,11-12H2,1-2H3;4-7,11H,1-3H3;3-6,10H,1-2H3;3-5,7H,1-2H3;3-7H,1-2H3;1-3,10H. The van der Waals surface area contributed by atoms with Crippen molar-refractivity contribution in [3.63, 3.8) is 0 Å². The van der Waals surface area contributed by atoms with Gasteiger partial charge in [0.05, 0.1) is 89.2 Å². The van der Waals surface area contributed by atoms with E-state index in [1.807, 2.05) is 64.1 Å². The number of halogens is 10. The monoisotopic (exact) mass is 1660 g/mol. The minimum Gasteiger partial charge on any atom is -0.507 e. The molecule has 27 heteroatoms. The smallest absolute Gasteiger partial charge is 0.337 e. The minimum atomic E-state index is -2.71. The molecule has 0 saturated carbocycles. The molecular weight excluding hydrogens is 1580 g/mol. The molecule has 1 fully saturated rings. The zero-order chi connectivity index (χ0) is 74.9. The van der Waals surface area contributed by atoms with Gasteiger partial charge in [0.1, 0.15) is 46.6 Å². The Balaban J connectivity index is 0.000000234. The number of aliphatic hydroxyl groups is 1. The van der Waals surface area contributed by atoms with Crippen molar-refractivity contribution in [2.75, 3.05) is 20.3 Å². The normalized spacial score (nSPS) is 13.3. The zero-order valence-electron chi connectivity index (χ0n) is 56.8. The summed E-state index contributed by atoms with van der Waals surface area (Å²) < 4.78 is 118. The number of methoxy groups -OCH3 is 1. The molecule has 7 aromatic carbocycles. The van der Waals surface area contributed by atoms with Crippen LogP contribution in [0.1, 0.15) is 161 Å². The maximum atomic E-state index is 13.6. The highest BCUT2D eigenvalue weighted by molar-refractivity contribution is 9.11. The Morgan fingerprint density at radius 3 is 1.59 bits per heavy atom. The highest BCUT2D eigenvalue weighted by Gasteiger charge is 2.46. The number of amides is 1. The number of β-amino-alcohol motifs (C(OH)–C–C–N with tert-alkyl or cyclic N) is 1. The van der Waals surface area contributed by atoms with Gasteiger partial charge in [0.25, 0.3) is 25.2 Å². The Morgan fingerprint density at radius 1 is 0.614 bits per heavy atom. The Labute approximate surface area is 616 Å². The molecule has 2 atom stereocenters. The molecule has 1 amide bonds. The number of nitriles is 2. The first-order valence-corrected chi connectivity index (χ1v) is 34.5. The fraction of sp³-hybridized carbons (Fsp3) is 0.338. The van der Waals surface area contributed by atoms with Crippen LogP contribution in [0.2, 0.25) is 0 Å². The number of phenols is 1. The first kappa shape index (κ1) is 83.2. The number of phenolic OH excluding ortho intramolecular Hbond substituents is 1. The van der Waals surface area contributed by atoms with E-state index in [1.54, 1.807) is 101 Å². The van der Waals surface area contributed by atoms with Crippen molar-refractivity contribution >= 4 is 81.9 Å².